The first-order chi connectivity index (χ1) is 13.6. The molecule has 0 radical (unpaired) electrons. The van der Waals surface area contributed by atoms with E-state index in [1.807, 2.05) is 13.0 Å². The summed E-state index contributed by atoms with van der Waals surface area (Å²) >= 11 is 0. The van der Waals surface area contributed by atoms with Crippen molar-refractivity contribution in [1.82, 2.24) is 19.2 Å². The summed E-state index contributed by atoms with van der Waals surface area (Å²) < 4.78 is 22.3. The summed E-state index contributed by atoms with van der Waals surface area (Å²) in [6, 6.07) is 8.16. The van der Waals surface area contributed by atoms with E-state index >= 15 is 0 Å². The summed E-state index contributed by atoms with van der Waals surface area (Å²) in [6.45, 7) is 3.19. The maximum atomic E-state index is 13.3. The lowest BCUT2D eigenvalue weighted by atomic mass is 10.1. The molecule has 0 unspecified atom stereocenters. The summed E-state index contributed by atoms with van der Waals surface area (Å²) in [5, 5.41) is 5.12. The second-order valence-electron chi connectivity index (χ2n) is 7.17. The summed E-state index contributed by atoms with van der Waals surface area (Å²) in [6.07, 6.45) is 5.49. The van der Waals surface area contributed by atoms with Gasteiger partial charge in [-0.1, -0.05) is 12.1 Å². The average molecular weight is 378 g/mol. The van der Waals surface area contributed by atoms with E-state index in [-0.39, 0.29) is 17.5 Å². The molecule has 4 aromatic rings. The van der Waals surface area contributed by atoms with Gasteiger partial charge < -0.3 is 9.30 Å². The standard InChI is InChI=1S/C21H19FN4O2/c1-13-19(14-4-6-15(22)7-5-14)20-23-11-17-18(26(20)24-13)8-9-25(21(17)27)12-16-3-2-10-28-16/h4-9,11,16H,2-3,10,12H2,1H3/t16-/m0/s1. The molecule has 1 aliphatic rings. The second-order valence-corrected chi connectivity index (χ2v) is 7.17. The van der Waals surface area contributed by atoms with Crippen LogP contribution in [0.25, 0.3) is 27.7 Å². The highest BCUT2D eigenvalue weighted by Crippen LogP contribution is 2.28. The smallest absolute Gasteiger partial charge is 0.261 e. The highest BCUT2D eigenvalue weighted by atomic mass is 19.1. The number of nitrogens with zero attached hydrogens (tertiary/aromatic N) is 4. The van der Waals surface area contributed by atoms with Crippen LogP contribution in [-0.2, 0) is 11.3 Å². The van der Waals surface area contributed by atoms with E-state index in [1.165, 1.54) is 12.1 Å². The number of benzene rings is 1. The zero-order valence-corrected chi connectivity index (χ0v) is 15.4. The molecular weight excluding hydrogens is 359 g/mol. The Labute approximate surface area is 160 Å². The van der Waals surface area contributed by atoms with Crippen molar-refractivity contribution in [2.75, 3.05) is 6.61 Å². The SMILES string of the molecule is Cc1nn2c(ncc3c(=O)n(C[C@@H]4CCCO4)ccc32)c1-c1ccc(F)cc1. The zero-order valence-electron chi connectivity index (χ0n) is 15.4. The molecule has 6 nitrogen and oxygen atoms in total. The van der Waals surface area contributed by atoms with Crippen molar-refractivity contribution < 1.29 is 9.13 Å². The van der Waals surface area contributed by atoms with Crippen molar-refractivity contribution in [1.29, 1.82) is 0 Å². The van der Waals surface area contributed by atoms with Crippen LogP contribution in [0, 0.1) is 12.7 Å². The molecule has 1 atom stereocenters. The van der Waals surface area contributed by atoms with Gasteiger partial charge in [0.15, 0.2) is 5.65 Å². The first kappa shape index (κ1) is 17.1. The lowest BCUT2D eigenvalue weighted by Gasteiger charge is -2.12. The van der Waals surface area contributed by atoms with Crippen LogP contribution in [0.5, 0.6) is 0 Å². The van der Waals surface area contributed by atoms with Crippen LogP contribution in [-0.4, -0.2) is 31.9 Å². The summed E-state index contributed by atoms with van der Waals surface area (Å²) in [5.41, 5.74) is 3.70. The Balaban J connectivity index is 1.66. The molecule has 1 aromatic carbocycles. The van der Waals surface area contributed by atoms with Gasteiger partial charge in [-0.3, -0.25) is 4.79 Å². The van der Waals surface area contributed by atoms with Gasteiger partial charge in [-0.15, -0.1) is 0 Å². The maximum absolute atomic E-state index is 13.3. The van der Waals surface area contributed by atoms with E-state index in [2.05, 4.69) is 10.1 Å². The molecule has 7 heteroatoms. The van der Waals surface area contributed by atoms with E-state index < -0.39 is 0 Å². The van der Waals surface area contributed by atoms with Crippen LogP contribution < -0.4 is 5.56 Å². The van der Waals surface area contributed by atoms with Crippen LogP contribution in [0.1, 0.15) is 18.5 Å². The molecule has 0 spiro atoms. The number of ether oxygens (including phenoxy) is 1. The van der Waals surface area contributed by atoms with Crippen LogP contribution in [0.2, 0.25) is 0 Å². The third-order valence-electron chi connectivity index (χ3n) is 5.32. The van der Waals surface area contributed by atoms with Crippen molar-refractivity contribution in [2.24, 2.45) is 0 Å². The number of pyridine rings is 1. The van der Waals surface area contributed by atoms with Gasteiger partial charge in [-0.25, -0.2) is 13.9 Å². The Hall–Kier alpha value is -3.06. The number of halogens is 1. The normalized spacial score (nSPS) is 17.0. The molecule has 5 rings (SSSR count). The average Bonchev–Trinajstić information content (AvgIpc) is 3.32. The van der Waals surface area contributed by atoms with Gasteiger partial charge >= 0.3 is 0 Å². The number of fused-ring (bicyclic) bond motifs is 3. The molecular formula is C21H19FN4O2. The number of hydrogen-bond acceptors (Lipinski definition) is 4. The summed E-state index contributed by atoms with van der Waals surface area (Å²) in [5.74, 6) is -0.289. The number of rotatable bonds is 3. The molecule has 0 bridgehead atoms. The Bertz CT molecular complexity index is 1240. The van der Waals surface area contributed by atoms with E-state index in [4.69, 9.17) is 4.74 Å². The van der Waals surface area contributed by atoms with Gasteiger partial charge in [0.1, 0.15) is 5.82 Å². The molecule has 1 fully saturated rings. The molecule has 28 heavy (non-hydrogen) atoms. The van der Waals surface area contributed by atoms with Crippen LogP contribution >= 0.6 is 0 Å². The maximum Gasteiger partial charge on any atom is 0.261 e. The summed E-state index contributed by atoms with van der Waals surface area (Å²) in [4.78, 5) is 17.5. The van der Waals surface area contributed by atoms with E-state index in [1.54, 1.807) is 33.6 Å². The van der Waals surface area contributed by atoms with Crippen molar-refractivity contribution in [2.45, 2.75) is 32.4 Å². The van der Waals surface area contributed by atoms with Gasteiger partial charge in [0, 0.05) is 24.6 Å². The van der Waals surface area contributed by atoms with Crippen LogP contribution in [0.4, 0.5) is 4.39 Å². The van der Waals surface area contributed by atoms with Crippen LogP contribution in [0.15, 0.2) is 47.5 Å². The Morgan fingerprint density at radius 2 is 2.07 bits per heavy atom. The molecule has 0 saturated carbocycles. The monoisotopic (exact) mass is 378 g/mol. The quantitative estimate of drug-likeness (QED) is 0.549. The van der Waals surface area contributed by atoms with Crippen LogP contribution in [0.3, 0.4) is 0 Å². The highest BCUT2D eigenvalue weighted by Gasteiger charge is 2.19. The van der Waals surface area contributed by atoms with Gasteiger partial charge in [0.05, 0.1) is 29.2 Å². The van der Waals surface area contributed by atoms with Gasteiger partial charge in [0.25, 0.3) is 5.56 Å². The Morgan fingerprint density at radius 3 is 2.82 bits per heavy atom. The minimum Gasteiger partial charge on any atom is -0.376 e. The van der Waals surface area contributed by atoms with Crippen molar-refractivity contribution in [3.8, 4) is 11.1 Å². The Morgan fingerprint density at radius 1 is 1.25 bits per heavy atom. The first-order valence-electron chi connectivity index (χ1n) is 9.37. The number of aryl methyl sites for hydroxylation is 1. The largest absolute Gasteiger partial charge is 0.376 e. The molecule has 4 heterocycles. The predicted octanol–water partition coefficient (Wildman–Crippen LogP) is 3.34. The molecule has 142 valence electrons. The lowest BCUT2D eigenvalue weighted by molar-refractivity contribution is 0.0963. The fourth-order valence-electron chi connectivity index (χ4n) is 3.92. The minimum absolute atomic E-state index is 0.0869. The highest BCUT2D eigenvalue weighted by molar-refractivity contribution is 5.86. The minimum atomic E-state index is -0.289. The second kappa shape index (κ2) is 6.53. The van der Waals surface area contributed by atoms with Crippen molar-refractivity contribution in [3.63, 3.8) is 0 Å². The van der Waals surface area contributed by atoms with Gasteiger partial charge in [-0.2, -0.15) is 5.10 Å². The molecule has 0 N–H and O–H groups in total. The van der Waals surface area contributed by atoms with Gasteiger partial charge in [0.2, 0.25) is 0 Å². The molecule has 0 aliphatic carbocycles. The van der Waals surface area contributed by atoms with E-state index in [0.717, 1.165) is 36.3 Å². The third-order valence-corrected chi connectivity index (χ3v) is 5.32. The molecule has 1 aliphatic heterocycles. The molecule has 0 amide bonds. The predicted molar refractivity (Wildman–Crippen MR) is 104 cm³/mol. The fourth-order valence-corrected chi connectivity index (χ4v) is 3.92. The lowest BCUT2D eigenvalue weighted by Crippen LogP contribution is -2.26. The summed E-state index contributed by atoms with van der Waals surface area (Å²) in [7, 11) is 0. The van der Waals surface area contributed by atoms with Crippen molar-refractivity contribution in [3.05, 3.63) is 64.6 Å². The first-order valence-corrected chi connectivity index (χ1v) is 9.37. The number of aromatic nitrogens is 4. The molecule has 3 aromatic heterocycles. The fraction of sp³-hybridized carbons (Fsp3) is 0.286. The number of hydrogen-bond donors (Lipinski definition) is 0. The van der Waals surface area contributed by atoms with Gasteiger partial charge in [-0.05, 0) is 43.5 Å². The van der Waals surface area contributed by atoms with E-state index in [0.29, 0.717) is 23.1 Å². The third kappa shape index (κ3) is 2.70. The molecule has 1 saturated heterocycles. The topological polar surface area (TPSA) is 61.4 Å². The Kier molecular flexibility index (Phi) is 3.98. The zero-order chi connectivity index (χ0) is 19.3. The van der Waals surface area contributed by atoms with Crippen molar-refractivity contribution >= 4 is 16.6 Å². The van der Waals surface area contributed by atoms with E-state index in [9.17, 15) is 9.18 Å².